The molecule has 2 N–H and O–H groups in total. The summed E-state index contributed by atoms with van der Waals surface area (Å²) in [7, 11) is 0. The Kier molecular flexibility index (Phi) is 5.25. The van der Waals surface area contributed by atoms with Crippen molar-refractivity contribution in [3.05, 3.63) is 35.6 Å². The summed E-state index contributed by atoms with van der Waals surface area (Å²) < 4.78 is 13.2. The largest absolute Gasteiger partial charge is 0.395 e. The van der Waals surface area contributed by atoms with Crippen molar-refractivity contribution in [1.82, 2.24) is 15.1 Å². The number of amides is 1. The molecular formula is C17H24FN3O2. The lowest BCUT2D eigenvalue weighted by molar-refractivity contribution is -0.127. The van der Waals surface area contributed by atoms with Crippen LogP contribution in [0.2, 0.25) is 0 Å². The highest BCUT2D eigenvalue weighted by atomic mass is 19.1. The van der Waals surface area contributed by atoms with Gasteiger partial charge in [0, 0.05) is 38.8 Å². The molecule has 0 spiro atoms. The number of aliphatic hydroxyl groups is 1. The van der Waals surface area contributed by atoms with Gasteiger partial charge < -0.3 is 10.4 Å². The number of carbonyl (C=O) groups excluding carboxylic acids is 1. The van der Waals surface area contributed by atoms with Gasteiger partial charge in [-0.3, -0.25) is 14.6 Å². The molecule has 1 atom stereocenters. The molecule has 0 radical (unpaired) electrons. The minimum atomic E-state index is -0.368. The first-order valence-corrected chi connectivity index (χ1v) is 8.30. The van der Waals surface area contributed by atoms with E-state index in [2.05, 4.69) is 15.1 Å². The summed E-state index contributed by atoms with van der Waals surface area (Å²) in [6, 6.07) is 6.16. The highest BCUT2D eigenvalue weighted by molar-refractivity contribution is 5.83. The second-order valence-corrected chi connectivity index (χ2v) is 6.34. The third-order valence-electron chi connectivity index (χ3n) is 4.55. The quantitative estimate of drug-likeness (QED) is 0.812. The summed E-state index contributed by atoms with van der Waals surface area (Å²) in [6.45, 7) is 4.01. The second kappa shape index (κ2) is 7.38. The van der Waals surface area contributed by atoms with Crippen molar-refractivity contribution in [3.8, 4) is 0 Å². The van der Waals surface area contributed by atoms with Crippen LogP contribution in [0.4, 0.5) is 4.39 Å². The summed E-state index contributed by atoms with van der Waals surface area (Å²) in [5, 5.41) is 12.1. The van der Waals surface area contributed by atoms with Gasteiger partial charge in [0.15, 0.2) is 0 Å². The minimum Gasteiger partial charge on any atom is -0.395 e. The number of hydrogen-bond donors (Lipinski definition) is 2. The van der Waals surface area contributed by atoms with E-state index in [1.807, 2.05) is 0 Å². The van der Waals surface area contributed by atoms with E-state index in [-0.39, 0.29) is 24.4 Å². The third-order valence-corrected chi connectivity index (χ3v) is 4.55. The highest BCUT2D eigenvalue weighted by Crippen LogP contribution is 2.26. The van der Waals surface area contributed by atoms with Gasteiger partial charge in [-0.2, -0.15) is 0 Å². The van der Waals surface area contributed by atoms with Crippen LogP contribution in [0.25, 0.3) is 0 Å². The fraction of sp³-hybridized carbons (Fsp3) is 0.588. The van der Waals surface area contributed by atoms with Crippen molar-refractivity contribution in [1.29, 1.82) is 0 Å². The van der Waals surface area contributed by atoms with E-state index in [1.54, 1.807) is 12.1 Å². The van der Waals surface area contributed by atoms with E-state index in [9.17, 15) is 9.18 Å². The van der Waals surface area contributed by atoms with Crippen LogP contribution in [-0.4, -0.2) is 66.2 Å². The molecule has 1 aromatic carbocycles. The van der Waals surface area contributed by atoms with E-state index >= 15 is 0 Å². The zero-order chi connectivity index (χ0) is 16.2. The van der Waals surface area contributed by atoms with Gasteiger partial charge in [0.1, 0.15) is 11.9 Å². The van der Waals surface area contributed by atoms with Gasteiger partial charge in [0.05, 0.1) is 6.61 Å². The first kappa shape index (κ1) is 16.4. The maximum atomic E-state index is 13.2. The number of carbonyl (C=O) groups is 1. The van der Waals surface area contributed by atoms with Gasteiger partial charge in [0.2, 0.25) is 5.91 Å². The average molecular weight is 321 g/mol. The molecule has 1 unspecified atom stereocenters. The number of nitrogens with one attached hydrogen (secondary N) is 1. The molecule has 1 aliphatic carbocycles. The fourth-order valence-electron chi connectivity index (χ4n) is 3.07. The van der Waals surface area contributed by atoms with Gasteiger partial charge in [-0.25, -0.2) is 4.39 Å². The first-order chi connectivity index (χ1) is 11.2. The molecule has 1 aromatic rings. The van der Waals surface area contributed by atoms with Crippen LogP contribution in [0.5, 0.6) is 0 Å². The van der Waals surface area contributed by atoms with E-state index in [0.29, 0.717) is 12.6 Å². The molecular weight excluding hydrogens is 297 g/mol. The van der Waals surface area contributed by atoms with E-state index in [1.165, 1.54) is 12.1 Å². The molecule has 0 aromatic heterocycles. The molecule has 5 nitrogen and oxygen atoms in total. The highest BCUT2D eigenvalue weighted by Gasteiger charge is 2.33. The van der Waals surface area contributed by atoms with Crippen LogP contribution < -0.4 is 5.32 Å². The maximum Gasteiger partial charge on any atom is 0.242 e. The smallest absolute Gasteiger partial charge is 0.242 e. The first-order valence-electron chi connectivity index (χ1n) is 8.30. The van der Waals surface area contributed by atoms with Crippen molar-refractivity contribution in [2.75, 3.05) is 39.3 Å². The van der Waals surface area contributed by atoms with E-state index in [4.69, 9.17) is 5.11 Å². The standard InChI is InChI=1S/C17H24FN3O2/c18-14-3-1-13(2-4-14)16(17(23)19-15-5-6-15)21-9-7-20(8-10-21)11-12-22/h1-4,15-16,22H,5-12H2,(H,19,23). The van der Waals surface area contributed by atoms with Gasteiger partial charge in [0.25, 0.3) is 0 Å². The van der Waals surface area contributed by atoms with Crippen LogP contribution in [0.3, 0.4) is 0 Å². The zero-order valence-electron chi connectivity index (χ0n) is 13.2. The predicted molar refractivity (Wildman–Crippen MR) is 85.4 cm³/mol. The summed E-state index contributed by atoms with van der Waals surface area (Å²) in [5.74, 6) is -0.280. The second-order valence-electron chi connectivity index (χ2n) is 6.34. The van der Waals surface area contributed by atoms with Crippen molar-refractivity contribution in [2.45, 2.75) is 24.9 Å². The number of benzene rings is 1. The minimum absolute atomic E-state index is 0.00900. The molecule has 1 saturated carbocycles. The zero-order valence-corrected chi connectivity index (χ0v) is 13.2. The van der Waals surface area contributed by atoms with Crippen molar-refractivity contribution in [2.24, 2.45) is 0 Å². The number of aliphatic hydroxyl groups excluding tert-OH is 1. The molecule has 126 valence electrons. The van der Waals surface area contributed by atoms with Crippen molar-refractivity contribution in [3.63, 3.8) is 0 Å². The topological polar surface area (TPSA) is 55.8 Å². The molecule has 0 bridgehead atoms. The van der Waals surface area contributed by atoms with Crippen molar-refractivity contribution < 1.29 is 14.3 Å². The number of β-amino-alcohol motifs (C(OH)–C–C–N with tert-alkyl or cyclic N) is 1. The summed E-state index contributed by atoms with van der Waals surface area (Å²) >= 11 is 0. The van der Waals surface area contributed by atoms with E-state index < -0.39 is 0 Å². The number of nitrogens with zero attached hydrogens (tertiary/aromatic N) is 2. The molecule has 2 fully saturated rings. The summed E-state index contributed by atoms with van der Waals surface area (Å²) in [6.07, 6.45) is 2.10. The van der Waals surface area contributed by atoms with Crippen LogP contribution in [0, 0.1) is 5.82 Å². The Morgan fingerprint density at radius 1 is 1.22 bits per heavy atom. The average Bonchev–Trinajstić information content (AvgIpc) is 3.35. The maximum absolute atomic E-state index is 13.2. The van der Waals surface area contributed by atoms with Crippen molar-refractivity contribution >= 4 is 5.91 Å². The van der Waals surface area contributed by atoms with Gasteiger partial charge in [-0.1, -0.05) is 12.1 Å². The lowest BCUT2D eigenvalue weighted by atomic mass is 10.0. The van der Waals surface area contributed by atoms with Crippen LogP contribution in [-0.2, 0) is 4.79 Å². The molecule has 1 amide bonds. The van der Waals surface area contributed by atoms with E-state index in [0.717, 1.165) is 44.6 Å². The number of halogens is 1. The van der Waals surface area contributed by atoms with Crippen LogP contribution in [0.1, 0.15) is 24.4 Å². The lowest BCUT2D eigenvalue weighted by Crippen LogP contribution is -2.51. The Labute approximate surface area is 136 Å². The predicted octanol–water partition coefficient (Wildman–Crippen LogP) is 0.755. The number of hydrogen-bond acceptors (Lipinski definition) is 4. The Balaban J connectivity index is 1.72. The van der Waals surface area contributed by atoms with Gasteiger partial charge in [-0.15, -0.1) is 0 Å². The van der Waals surface area contributed by atoms with Gasteiger partial charge >= 0.3 is 0 Å². The fourth-order valence-corrected chi connectivity index (χ4v) is 3.07. The molecule has 23 heavy (non-hydrogen) atoms. The molecule has 2 aliphatic rings. The SMILES string of the molecule is O=C(NC1CC1)C(c1ccc(F)cc1)N1CCN(CCO)CC1. The molecule has 1 aliphatic heterocycles. The van der Waals surface area contributed by atoms with Crippen LogP contribution >= 0.6 is 0 Å². The Morgan fingerprint density at radius 2 is 1.87 bits per heavy atom. The molecule has 1 heterocycles. The Hall–Kier alpha value is -1.50. The van der Waals surface area contributed by atoms with Crippen LogP contribution in [0.15, 0.2) is 24.3 Å². The summed E-state index contributed by atoms with van der Waals surface area (Å²) in [5.41, 5.74) is 0.833. The third kappa shape index (κ3) is 4.28. The lowest BCUT2D eigenvalue weighted by Gasteiger charge is -2.38. The molecule has 6 heteroatoms. The van der Waals surface area contributed by atoms with Gasteiger partial charge in [-0.05, 0) is 30.5 Å². The normalized spacial score (nSPS) is 21.1. The number of rotatable bonds is 6. The number of piperazine rings is 1. The molecule has 1 saturated heterocycles. The monoisotopic (exact) mass is 321 g/mol. The Bertz CT molecular complexity index is 525. The summed E-state index contributed by atoms with van der Waals surface area (Å²) in [4.78, 5) is 17.0. The molecule has 3 rings (SSSR count). The Morgan fingerprint density at radius 3 is 2.43 bits per heavy atom.